The van der Waals surface area contributed by atoms with Gasteiger partial charge < -0.3 is 19.4 Å². The van der Waals surface area contributed by atoms with Gasteiger partial charge in [0, 0.05) is 60.1 Å². The number of hydrogen-bond acceptors (Lipinski definition) is 8. The second-order valence-electron chi connectivity index (χ2n) is 7.97. The smallest absolute Gasteiger partial charge is 0.320 e. The summed E-state index contributed by atoms with van der Waals surface area (Å²) in [5.41, 5.74) is 7.02. The quantitative estimate of drug-likeness (QED) is 0.308. The minimum absolute atomic E-state index is 0.308. The molecule has 1 aliphatic heterocycles. The van der Waals surface area contributed by atoms with E-state index in [1.807, 2.05) is 55.6 Å². The van der Waals surface area contributed by atoms with Crippen molar-refractivity contribution < 1.29 is 9.47 Å². The highest BCUT2D eigenvalue weighted by molar-refractivity contribution is 6.09. The van der Waals surface area contributed by atoms with Gasteiger partial charge in [-0.1, -0.05) is 24.3 Å². The molecule has 0 bridgehead atoms. The van der Waals surface area contributed by atoms with Crippen LogP contribution in [0.5, 0.6) is 6.01 Å². The average molecular weight is 458 g/mol. The van der Waals surface area contributed by atoms with Crippen molar-refractivity contribution in [3.8, 4) is 6.01 Å². The van der Waals surface area contributed by atoms with Crippen molar-refractivity contribution in [3.05, 3.63) is 72.2 Å². The zero-order valence-corrected chi connectivity index (χ0v) is 19.1. The van der Waals surface area contributed by atoms with Crippen LogP contribution in [0.3, 0.4) is 0 Å². The van der Waals surface area contributed by atoms with E-state index >= 15 is 0 Å². The number of rotatable bonds is 8. The van der Waals surface area contributed by atoms with Gasteiger partial charge in [-0.05, 0) is 25.1 Å². The first-order chi connectivity index (χ1) is 16.8. The van der Waals surface area contributed by atoms with Crippen LogP contribution in [0.4, 0.5) is 11.6 Å². The first kappa shape index (κ1) is 21.8. The number of hydrogen-bond donors (Lipinski definition) is 2. The van der Waals surface area contributed by atoms with E-state index in [-0.39, 0.29) is 0 Å². The Hall–Kier alpha value is -3.98. The molecule has 9 nitrogen and oxygen atoms in total. The lowest BCUT2D eigenvalue weighted by Crippen LogP contribution is -2.36. The predicted octanol–water partition coefficient (Wildman–Crippen LogP) is 3.65. The molecule has 4 aromatic rings. The Labute approximate surface area is 197 Å². The number of aromatic nitrogens is 4. The van der Waals surface area contributed by atoms with Crippen molar-refractivity contribution in [1.82, 2.24) is 19.9 Å². The van der Waals surface area contributed by atoms with Crippen LogP contribution in [-0.4, -0.2) is 58.6 Å². The summed E-state index contributed by atoms with van der Waals surface area (Å²) in [4.78, 5) is 19.0. The van der Waals surface area contributed by atoms with Crippen molar-refractivity contribution in [2.75, 3.05) is 43.2 Å². The summed E-state index contributed by atoms with van der Waals surface area (Å²) in [5.74, 6) is 1.36. The molecule has 0 spiro atoms. The van der Waals surface area contributed by atoms with Crippen LogP contribution in [-0.2, 0) is 11.2 Å². The minimum atomic E-state index is 0.308. The lowest BCUT2D eigenvalue weighted by atomic mass is 10.1. The minimum Gasteiger partial charge on any atom is -0.463 e. The third-order valence-corrected chi connectivity index (χ3v) is 5.66. The molecule has 0 atom stereocenters. The van der Waals surface area contributed by atoms with E-state index in [1.165, 1.54) is 0 Å². The third-order valence-electron chi connectivity index (χ3n) is 5.66. The number of anilines is 2. The molecule has 0 saturated carbocycles. The largest absolute Gasteiger partial charge is 0.463 e. The van der Waals surface area contributed by atoms with Crippen LogP contribution in [0.15, 0.2) is 66.0 Å². The molecule has 1 aliphatic rings. The van der Waals surface area contributed by atoms with E-state index in [0.717, 1.165) is 46.8 Å². The summed E-state index contributed by atoms with van der Waals surface area (Å²) in [7, 11) is 0. The van der Waals surface area contributed by atoms with Crippen molar-refractivity contribution >= 4 is 28.3 Å². The summed E-state index contributed by atoms with van der Waals surface area (Å²) in [6.07, 6.45) is 4.42. The van der Waals surface area contributed by atoms with Gasteiger partial charge in [0.1, 0.15) is 5.82 Å². The normalized spacial score (nSPS) is 14.4. The lowest BCUT2D eigenvalue weighted by molar-refractivity contribution is 0.122. The number of pyridine rings is 1. The molecule has 0 aliphatic carbocycles. The Morgan fingerprint density at radius 1 is 1.15 bits per heavy atom. The molecule has 1 saturated heterocycles. The van der Waals surface area contributed by atoms with Crippen molar-refractivity contribution in [3.63, 3.8) is 0 Å². The number of ether oxygens (including phenoxy) is 2. The summed E-state index contributed by atoms with van der Waals surface area (Å²) < 4.78 is 11.4. The van der Waals surface area contributed by atoms with Crippen molar-refractivity contribution in [2.45, 2.75) is 13.3 Å². The highest BCUT2D eigenvalue weighted by Gasteiger charge is 2.16. The van der Waals surface area contributed by atoms with Crippen LogP contribution in [0.2, 0.25) is 0 Å². The molecule has 0 unspecified atom stereocenters. The topological polar surface area (TPSA) is 101 Å². The van der Waals surface area contributed by atoms with Gasteiger partial charge in [-0.25, -0.2) is 0 Å². The molecule has 3 aromatic heterocycles. The number of benzene rings is 1. The van der Waals surface area contributed by atoms with E-state index in [2.05, 4.69) is 41.4 Å². The fourth-order valence-electron chi connectivity index (χ4n) is 3.85. The number of nitrogens with zero attached hydrogens (tertiary/aromatic N) is 5. The maximum atomic E-state index is 5.91. The zero-order chi connectivity index (χ0) is 23.2. The lowest BCUT2D eigenvalue weighted by Gasteiger charge is -2.28. The number of hydrazone groups is 1. The Balaban J connectivity index is 1.35. The molecule has 1 aromatic carbocycles. The highest BCUT2D eigenvalue weighted by Crippen LogP contribution is 2.22. The van der Waals surface area contributed by atoms with E-state index in [1.54, 1.807) is 6.20 Å². The number of fused-ring (bicyclic) bond motifs is 1. The molecular weight excluding hydrogens is 430 g/mol. The van der Waals surface area contributed by atoms with E-state index in [0.29, 0.717) is 38.1 Å². The highest BCUT2D eigenvalue weighted by atomic mass is 16.5. The van der Waals surface area contributed by atoms with Gasteiger partial charge in [0.05, 0.1) is 25.5 Å². The van der Waals surface area contributed by atoms with Crippen LogP contribution in [0, 0.1) is 0 Å². The van der Waals surface area contributed by atoms with E-state index in [9.17, 15) is 0 Å². The van der Waals surface area contributed by atoms with Gasteiger partial charge in [-0.3, -0.25) is 10.4 Å². The van der Waals surface area contributed by atoms with Gasteiger partial charge in [0.25, 0.3) is 0 Å². The summed E-state index contributed by atoms with van der Waals surface area (Å²) in [6, 6.07) is 16.2. The second kappa shape index (κ2) is 10.3. The molecule has 9 heteroatoms. The van der Waals surface area contributed by atoms with E-state index < -0.39 is 0 Å². The number of nitrogens with one attached hydrogen (secondary N) is 2. The van der Waals surface area contributed by atoms with Crippen LogP contribution in [0.1, 0.15) is 18.2 Å². The fraction of sp³-hybridized carbons (Fsp3) is 0.280. The SMILES string of the molecule is CC(=NNc1cc(N2CCOCC2)nc(OCCc2ccccn2)n1)c1c[nH]c2ccccc12. The average Bonchev–Trinajstić information content (AvgIpc) is 3.33. The third kappa shape index (κ3) is 5.15. The monoisotopic (exact) mass is 457 g/mol. The standard InChI is InChI=1S/C25H27N7O2/c1-18(21-17-27-22-8-3-2-7-20(21)22)30-31-23-16-24(32-11-14-33-15-12-32)29-25(28-23)34-13-9-19-6-4-5-10-26-19/h2-8,10,16-17,27H,9,11-15H2,1H3,(H,28,29,31). The van der Waals surface area contributed by atoms with Gasteiger partial charge in [0.15, 0.2) is 5.82 Å². The first-order valence-corrected chi connectivity index (χ1v) is 11.4. The Kier molecular flexibility index (Phi) is 6.62. The van der Waals surface area contributed by atoms with Crippen molar-refractivity contribution in [2.24, 2.45) is 5.10 Å². The molecule has 0 radical (unpaired) electrons. The van der Waals surface area contributed by atoms with Crippen molar-refractivity contribution in [1.29, 1.82) is 0 Å². The van der Waals surface area contributed by atoms with Crippen LogP contribution < -0.4 is 15.1 Å². The molecule has 1 fully saturated rings. The molecule has 4 heterocycles. The number of para-hydroxylation sites is 1. The summed E-state index contributed by atoms with van der Waals surface area (Å²) in [6.45, 7) is 5.27. The second-order valence-corrected chi connectivity index (χ2v) is 7.97. The molecule has 0 amide bonds. The molecular formula is C25H27N7O2. The van der Waals surface area contributed by atoms with Crippen LogP contribution >= 0.6 is 0 Å². The maximum absolute atomic E-state index is 5.91. The van der Waals surface area contributed by atoms with Crippen LogP contribution in [0.25, 0.3) is 10.9 Å². The summed E-state index contributed by atoms with van der Waals surface area (Å²) in [5, 5.41) is 5.72. The molecule has 174 valence electrons. The molecule has 5 rings (SSSR count). The number of aromatic amines is 1. The Morgan fingerprint density at radius 2 is 2.00 bits per heavy atom. The number of morpholine rings is 1. The molecule has 2 N–H and O–H groups in total. The zero-order valence-electron chi connectivity index (χ0n) is 19.1. The van der Waals surface area contributed by atoms with Gasteiger partial charge in [-0.2, -0.15) is 15.1 Å². The maximum Gasteiger partial charge on any atom is 0.320 e. The molecule has 34 heavy (non-hydrogen) atoms. The van der Waals surface area contributed by atoms with E-state index in [4.69, 9.17) is 9.47 Å². The number of H-pyrrole nitrogens is 1. The fourth-order valence-corrected chi connectivity index (χ4v) is 3.85. The Bertz CT molecular complexity index is 1270. The Morgan fingerprint density at radius 3 is 2.85 bits per heavy atom. The van der Waals surface area contributed by atoms with Gasteiger partial charge >= 0.3 is 6.01 Å². The summed E-state index contributed by atoms with van der Waals surface area (Å²) >= 11 is 0. The first-order valence-electron chi connectivity index (χ1n) is 11.4. The predicted molar refractivity (Wildman–Crippen MR) is 133 cm³/mol. The van der Waals surface area contributed by atoms with Gasteiger partial charge in [-0.15, -0.1) is 0 Å². The van der Waals surface area contributed by atoms with Gasteiger partial charge in [0.2, 0.25) is 0 Å².